The maximum Gasteiger partial charge on any atom is 0.264 e. The lowest BCUT2D eigenvalue weighted by Gasteiger charge is -2.45. The highest BCUT2D eigenvalue weighted by Crippen LogP contribution is 2.47. The van der Waals surface area contributed by atoms with Gasteiger partial charge in [0.05, 0.1) is 23.6 Å². The zero-order valence-corrected chi connectivity index (χ0v) is 37.9. The van der Waals surface area contributed by atoms with E-state index in [1.54, 1.807) is 12.1 Å². The van der Waals surface area contributed by atoms with Crippen LogP contribution in [0.25, 0.3) is 0 Å². The average Bonchev–Trinajstić information content (AvgIpc) is 3.35. The summed E-state index contributed by atoms with van der Waals surface area (Å²) in [6.45, 7) is 10.4. The number of amides is 1. The number of halogens is 1. The number of aliphatic hydroxyl groups is 1. The molecule has 1 saturated carbocycles. The van der Waals surface area contributed by atoms with Crippen LogP contribution in [0.3, 0.4) is 0 Å². The normalized spacial score (nSPS) is 26.6. The topological polar surface area (TPSA) is 105 Å². The molecule has 11 heteroatoms. The minimum absolute atomic E-state index is 0.0704. The first-order chi connectivity index (χ1) is 28.7. The number of sulfonamides is 1. The van der Waals surface area contributed by atoms with Crippen molar-refractivity contribution >= 4 is 51.9 Å². The van der Waals surface area contributed by atoms with Gasteiger partial charge in [-0.05, 0) is 127 Å². The van der Waals surface area contributed by atoms with Crippen LogP contribution >= 0.6 is 11.6 Å². The summed E-state index contributed by atoms with van der Waals surface area (Å²) in [5.41, 5.74) is 3.21. The highest BCUT2D eigenvalue weighted by molar-refractivity contribution is 7.90. The number of carbonyl (C=O) groups excluding carboxylic acids is 1. The van der Waals surface area contributed by atoms with Crippen molar-refractivity contribution in [2.75, 3.05) is 24.6 Å². The monoisotopic (exact) mass is 866 g/mol. The Hall–Kier alpha value is -3.93. The molecule has 0 saturated heterocycles. The van der Waals surface area contributed by atoms with Crippen molar-refractivity contribution in [1.82, 2.24) is 4.72 Å². The number of nitrogens with zero attached hydrogens (tertiary/aromatic N) is 1. The van der Waals surface area contributed by atoms with Crippen LogP contribution in [0, 0.1) is 11.8 Å². The fourth-order valence-corrected chi connectivity index (χ4v) is 17.0. The summed E-state index contributed by atoms with van der Waals surface area (Å²) in [7, 11) is -7.20. The second-order valence-electron chi connectivity index (χ2n) is 18.7. The van der Waals surface area contributed by atoms with Gasteiger partial charge in [-0.3, -0.25) is 4.79 Å². The van der Waals surface area contributed by atoms with Gasteiger partial charge >= 0.3 is 0 Å². The Morgan fingerprint density at radius 3 is 2.37 bits per heavy atom. The number of fused-ring (bicyclic) bond motifs is 4. The molecule has 1 spiro atoms. The second-order valence-corrected chi connectivity index (χ2v) is 25.4. The van der Waals surface area contributed by atoms with Crippen molar-refractivity contribution < 1.29 is 27.5 Å². The third-order valence-corrected chi connectivity index (χ3v) is 20.9. The number of hydrogen-bond acceptors (Lipinski definition) is 7. The molecule has 4 aromatic carbocycles. The number of rotatable bonds is 6. The van der Waals surface area contributed by atoms with Crippen molar-refractivity contribution in [3.8, 4) is 5.75 Å². The van der Waals surface area contributed by atoms with E-state index in [-0.39, 0.29) is 40.7 Å². The first kappa shape index (κ1) is 42.7. The Morgan fingerprint density at radius 1 is 0.983 bits per heavy atom. The van der Waals surface area contributed by atoms with E-state index in [1.807, 2.05) is 67.6 Å². The third kappa shape index (κ3) is 8.35. The van der Waals surface area contributed by atoms with Crippen molar-refractivity contribution in [3.63, 3.8) is 0 Å². The Morgan fingerprint density at radius 2 is 1.70 bits per heavy atom. The molecular formula is C49H59ClN2O6SSi. The lowest BCUT2D eigenvalue weighted by Crippen LogP contribution is -2.67. The SMILES string of the molecule is C[C@@H](C[C@H]1CC/C=C/[C@H](O)[C@@H]2CC[C@H]2CN2C[C@@]3(CCCc4cc(Cl)ccc43)COc3ccc(cc32)C(=O)NS1(=O)=O)O[Si](c1ccccc1)(c1ccccc1)C(C)(C)C. The van der Waals surface area contributed by atoms with Crippen molar-refractivity contribution in [2.24, 2.45) is 11.8 Å². The van der Waals surface area contributed by atoms with Crippen LogP contribution in [0.1, 0.15) is 94.1 Å². The Bertz CT molecular complexity index is 2280. The van der Waals surface area contributed by atoms with Gasteiger partial charge in [0.15, 0.2) is 0 Å². The van der Waals surface area contributed by atoms with E-state index in [0.717, 1.165) is 53.2 Å². The quantitative estimate of drug-likeness (QED) is 0.148. The number of benzene rings is 4. The van der Waals surface area contributed by atoms with Gasteiger partial charge in [-0.25, -0.2) is 13.1 Å². The van der Waals surface area contributed by atoms with E-state index >= 15 is 0 Å². The Balaban J connectivity index is 1.12. The van der Waals surface area contributed by atoms with Crippen LogP contribution in [0.4, 0.5) is 5.69 Å². The summed E-state index contributed by atoms with van der Waals surface area (Å²) < 4.78 is 45.5. The lowest BCUT2D eigenvalue weighted by molar-refractivity contribution is 0.0456. The van der Waals surface area contributed by atoms with Crippen molar-refractivity contribution in [1.29, 1.82) is 0 Å². The fraction of sp³-hybridized carbons (Fsp3) is 0.449. The number of aliphatic hydroxyl groups excluding tert-OH is 1. The molecule has 0 unspecified atom stereocenters. The molecule has 4 aliphatic rings. The van der Waals surface area contributed by atoms with Crippen LogP contribution in [0.2, 0.25) is 10.1 Å². The number of aryl methyl sites for hydroxylation is 1. The lowest BCUT2D eigenvalue weighted by atomic mass is 9.68. The van der Waals surface area contributed by atoms with Gasteiger partial charge in [-0.1, -0.05) is 111 Å². The molecule has 2 aliphatic carbocycles. The first-order valence-corrected chi connectivity index (χ1v) is 25.5. The number of nitrogens with one attached hydrogen (secondary N) is 1. The van der Waals surface area contributed by atoms with Crippen molar-refractivity contribution in [2.45, 2.75) is 107 Å². The molecule has 2 heterocycles. The summed E-state index contributed by atoms with van der Waals surface area (Å²) in [4.78, 5) is 16.5. The van der Waals surface area contributed by atoms with E-state index in [9.17, 15) is 18.3 Å². The molecule has 8 rings (SSSR count). The van der Waals surface area contributed by atoms with Crippen LogP contribution in [-0.4, -0.2) is 64.9 Å². The van der Waals surface area contributed by atoms with Gasteiger partial charge in [0.2, 0.25) is 10.0 Å². The molecule has 8 nitrogen and oxygen atoms in total. The molecule has 1 amide bonds. The van der Waals surface area contributed by atoms with E-state index in [2.05, 4.69) is 66.8 Å². The molecule has 6 atom stereocenters. The third-order valence-electron chi connectivity index (χ3n) is 13.7. The van der Waals surface area contributed by atoms with Gasteiger partial charge < -0.3 is 19.2 Å². The molecular weight excluding hydrogens is 808 g/mol. The van der Waals surface area contributed by atoms with Crippen LogP contribution < -0.4 is 24.7 Å². The zero-order valence-electron chi connectivity index (χ0n) is 35.3. The van der Waals surface area contributed by atoms with Gasteiger partial charge in [-0.15, -0.1) is 0 Å². The molecule has 318 valence electrons. The molecule has 4 aromatic rings. The molecule has 0 radical (unpaired) electrons. The van der Waals surface area contributed by atoms with E-state index in [1.165, 1.54) is 11.1 Å². The molecule has 2 bridgehead atoms. The minimum atomic E-state index is -4.20. The standard InChI is InChI=1S/C49H59ClN2O6SSi/c1-34(58-60(48(2,3)4,40-16-7-5-8-17-40)41-18-9-6-10-19-41)28-39-15-11-12-20-45(53)42-24-21-37(42)31-52-32-49(27-13-14-35-29-38(50)23-25-43(35)49)33-57-46-26-22-36(30-44(46)52)47(54)51-59(39,55)56/h5-10,12,16-20,22-23,25-26,29-30,34,37,39,42,45,53H,11,13-15,21,24,27-28,31-33H2,1-4H3,(H,51,54)/b20-12+/t34-,37-,39+,42+,45-,49-/m0/s1. The molecule has 1 fully saturated rings. The predicted molar refractivity (Wildman–Crippen MR) is 244 cm³/mol. The summed E-state index contributed by atoms with van der Waals surface area (Å²) >= 11 is 6.48. The Kier molecular flexibility index (Phi) is 12.2. The number of anilines is 1. The summed E-state index contributed by atoms with van der Waals surface area (Å²) in [6, 6.07) is 32.1. The zero-order chi connectivity index (χ0) is 42.3. The van der Waals surface area contributed by atoms with Gasteiger partial charge in [0.1, 0.15) is 5.75 Å². The van der Waals surface area contributed by atoms with E-state index < -0.39 is 41.7 Å². The maximum absolute atomic E-state index is 14.5. The fourth-order valence-electron chi connectivity index (χ4n) is 10.6. The molecule has 0 aromatic heterocycles. The summed E-state index contributed by atoms with van der Waals surface area (Å²) in [5.74, 6) is 0.302. The maximum atomic E-state index is 14.5. The highest BCUT2D eigenvalue weighted by Gasteiger charge is 2.51. The average molecular weight is 868 g/mol. The van der Waals surface area contributed by atoms with Crippen LogP contribution in [0.15, 0.2) is 109 Å². The van der Waals surface area contributed by atoms with E-state index in [0.29, 0.717) is 31.9 Å². The highest BCUT2D eigenvalue weighted by atomic mass is 35.5. The van der Waals surface area contributed by atoms with Gasteiger partial charge in [0.25, 0.3) is 14.2 Å². The Labute approximate surface area is 362 Å². The van der Waals surface area contributed by atoms with Gasteiger partial charge in [0, 0.05) is 35.2 Å². The second kappa shape index (κ2) is 17.1. The van der Waals surface area contributed by atoms with Crippen LogP contribution in [0.5, 0.6) is 5.75 Å². The predicted octanol–water partition coefficient (Wildman–Crippen LogP) is 8.33. The molecule has 60 heavy (non-hydrogen) atoms. The number of ether oxygens (including phenoxy) is 1. The molecule has 2 N–H and O–H groups in total. The number of carbonyl (C=O) groups is 1. The van der Waals surface area contributed by atoms with Crippen molar-refractivity contribution in [3.05, 3.63) is 131 Å². The smallest absolute Gasteiger partial charge is 0.264 e. The van der Waals surface area contributed by atoms with Gasteiger partial charge in [-0.2, -0.15) is 0 Å². The number of allylic oxidation sites excluding steroid dienone is 1. The number of hydrogen-bond donors (Lipinski definition) is 2. The molecule has 2 aliphatic heterocycles. The van der Waals surface area contributed by atoms with Crippen LogP contribution in [-0.2, 0) is 26.3 Å². The first-order valence-electron chi connectivity index (χ1n) is 21.7. The van der Waals surface area contributed by atoms with E-state index in [4.69, 9.17) is 20.8 Å². The summed E-state index contributed by atoms with van der Waals surface area (Å²) in [5, 5.41) is 13.3. The summed E-state index contributed by atoms with van der Waals surface area (Å²) in [6.07, 6.45) is 8.32. The minimum Gasteiger partial charge on any atom is -0.490 e. The largest absolute Gasteiger partial charge is 0.490 e.